The first-order valence-corrected chi connectivity index (χ1v) is 6.29. The highest BCUT2D eigenvalue weighted by Crippen LogP contribution is 2.23. The molecule has 2 rings (SSSR count). The van der Waals surface area contributed by atoms with E-state index in [4.69, 9.17) is 4.42 Å². The van der Waals surface area contributed by atoms with Gasteiger partial charge in [-0.3, -0.25) is 4.79 Å². The summed E-state index contributed by atoms with van der Waals surface area (Å²) in [6.07, 6.45) is 4.91. The van der Waals surface area contributed by atoms with Crippen molar-refractivity contribution in [1.82, 2.24) is 5.32 Å². The molecule has 0 spiro atoms. The van der Waals surface area contributed by atoms with Gasteiger partial charge in [0.1, 0.15) is 5.76 Å². The van der Waals surface area contributed by atoms with Gasteiger partial charge in [0.2, 0.25) is 5.91 Å². The fraction of sp³-hybridized carbons (Fsp3) is 0.364. The second-order valence-electron chi connectivity index (χ2n) is 3.55. The van der Waals surface area contributed by atoms with Gasteiger partial charge < -0.3 is 9.73 Å². The van der Waals surface area contributed by atoms with Gasteiger partial charge in [-0.2, -0.15) is 5.10 Å². The summed E-state index contributed by atoms with van der Waals surface area (Å²) in [6.45, 7) is 2.05. The Kier molecular flexibility index (Phi) is 3.98. The van der Waals surface area contributed by atoms with Crippen LogP contribution >= 0.6 is 11.8 Å². The lowest BCUT2D eigenvalue weighted by Gasteiger charge is -1.99. The van der Waals surface area contributed by atoms with Gasteiger partial charge in [0.05, 0.1) is 17.7 Å². The summed E-state index contributed by atoms with van der Waals surface area (Å²) in [4.78, 5) is 11.5. The van der Waals surface area contributed by atoms with Gasteiger partial charge in [-0.15, -0.1) is 5.10 Å². The van der Waals surface area contributed by atoms with E-state index in [1.807, 2.05) is 0 Å². The molecular formula is C11H13N3O2S. The van der Waals surface area contributed by atoms with Crippen LogP contribution in [0.4, 0.5) is 0 Å². The minimum Gasteiger partial charge on any atom is -0.463 e. The third-order valence-corrected chi connectivity index (χ3v) is 3.35. The molecule has 1 N–H and O–H groups in total. The summed E-state index contributed by atoms with van der Waals surface area (Å²) < 4.78 is 5.07. The predicted octanol–water partition coefficient (Wildman–Crippen LogP) is 2.00. The maximum absolute atomic E-state index is 11.5. The molecule has 6 heteroatoms. The molecule has 0 bridgehead atoms. The van der Waals surface area contributed by atoms with E-state index in [1.165, 1.54) is 18.0 Å². The Labute approximate surface area is 103 Å². The summed E-state index contributed by atoms with van der Waals surface area (Å²) in [7, 11) is 0. The molecule has 17 heavy (non-hydrogen) atoms. The first-order valence-electron chi connectivity index (χ1n) is 5.41. The summed E-state index contributed by atoms with van der Waals surface area (Å²) >= 11 is 1.43. The highest BCUT2D eigenvalue weighted by atomic mass is 32.2. The smallest absolute Gasteiger partial charge is 0.239 e. The number of hydrogen-bond donors (Lipinski definition) is 1. The molecule has 0 saturated carbocycles. The fourth-order valence-corrected chi connectivity index (χ4v) is 2.45. The molecule has 1 fully saturated rings. The Morgan fingerprint density at radius 1 is 1.65 bits per heavy atom. The standard InChI is InChI=1S/C11H13N3O2S/c1-2-4-9-10(15)13-11(17-9)14-12-7-8-5-3-6-16-8/h3,5-7,9H,2,4H2,1H3,(H,13,14,15)/b12-7-/t9-/m1/s1. The highest BCUT2D eigenvalue weighted by Gasteiger charge is 2.29. The lowest BCUT2D eigenvalue weighted by Crippen LogP contribution is -2.24. The van der Waals surface area contributed by atoms with Gasteiger partial charge in [-0.05, 0) is 18.6 Å². The molecule has 90 valence electrons. The zero-order chi connectivity index (χ0) is 12.1. The minimum absolute atomic E-state index is 0.0174. The third-order valence-electron chi connectivity index (χ3n) is 2.20. The van der Waals surface area contributed by atoms with Crippen molar-refractivity contribution in [2.24, 2.45) is 10.2 Å². The first kappa shape index (κ1) is 11.9. The molecule has 1 aliphatic heterocycles. The number of furan rings is 1. The van der Waals surface area contributed by atoms with Crippen LogP contribution in [0.5, 0.6) is 0 Å². The van der Waals surface area contributed by atoms with Gasteiger partial charge in [0.25, 0.3) is 0 Å². The van der Waals surface area contributed by atoms with Gasteiger partial charge in [-0.25, -0.2) is 0 Å². The maximum Gasteiger partial charge on any atom is 0.239 e. The van der Waals surface area contributed by atoms with Crippen molar-refractivity contribution >= 4 is 29.1 Å². The van der Waals surface area contributed by atoms with Crippen LogP contribution in [0.3, 0.4) is 0 Å². The second-order valence-corrected chi connectivity index (χ2v) is 4.74. The van der Waals surface area contributed by atoms with Crippen LogP contribution in [0.15, 0.2) is 33.0 Å². The Morgan fingerprint density at radius 3 is 3.24 bits per heavy atom. The molecule has 1 saturated heterocycles. The molecule has 1 atom stereocenters. The Balaban J connectivity index is 1.93. The number of nitrogens with zero attached hydrogens (tertiary/aromatic N) is 2. The van der Waals surface area contributed by atoms with E-state index in [-0.39, 0.29) is 11.2 Å². The van der Waals surface area contributed by atoms with Crippen molar-refractivity contribution in [3.63, 3.8) is 0 Å². The predicted molar refractivity (Wildman–Crippen MR) is 68.2 cm³/mol. The molecule has 1 aromatic heterocycles. The van der Waals surface area contributed by atoms with E-state index in [9.17, 15) is 4.79 Å². The molecule has 0 aliphatic carbocycles. The zero-order valence-corrected chi connectivity index (χ0v) is 10.2. The van der Waals surface area contributed by atoms with E-state index in [1.54, 1.807) is 18.4 Å². The van der Waals surface area contributed by atoms with Crippen LogP contribution in [0, 0.1) is 0 Å². The average Bonchev–Trinajstić information content (AvgIpc) is 2.91. The van der Waals surface area contributed by atoms with Crippen molar-refractivity contribution in [2.45, 2.75) is 25.0 Å². The zero-order valence-electron chi connectivity index (χ0n) is 9.42. The molecule has 1 aliphatic rings. The second kappa shape index (κ2) is 5.67. The van der Waals surface area contributed by atoms with Crippen LogP contribution in [0.2, 0.25) is 0 Å². The number of amidine groups is 1. The SMILES string of the molecule is CCC[C@H]1S/C(=N\N=C/c2ccco2)NC1=O. The van der Waals surface area contributed by atoms with Crippen molar-refractivity contribution in [3.8, 4) is 0 Å². The number of thioether (sulfide) groups is 1. The summed E-state index contributed by atoms with van der Waals surface area (Å²) in [5.74, 6) is 0.651. The van der Waals surface area contributed by atoms with Gasteiger partial charge >= 0.3 is 0 Å². The fourth-order valence-electron chi connectivity index (χ4n) is 1.41. The van der Waals surface area contributed by atoms with Crippen LogP contribution in [-0.2, 0) is 4.79 Å². The van der Waals surface area contributed by atoms with Gasteiger partial charge in [0.15, 0.2) is 5.17 Å². The van der Waals surface area contributed by atoms with E-state index < -0.39 is 0 Å². The lowest BCUT2D eigenvalue weighted by molar-refractivity contribution is -0.118. The Morgan fingerprint density at radius 2 is 2.53 bits per heavy atom. The van der Waals surface area contributed by atoms with Crippen LogP contribution in [0.1, 0.15) is 25.5 Å². The quantitative estimate of drug-likeness (QED) is 0.657. The molecule has 0 unspecified atom stereocenters. The number of carbonyl (C=O) groups excluding carboxylic acids is 1. The van der Waals surface area contributed by atoms with Gasteiger partial charge in [0, 0.05) is 0 Å². The van der Waals surface area contributed by atoms with Crippen molar-refractivity contribution in [2.75, 3.05) is 0 Å². The molecule has 5 nitrogen and oxygen atoms in total. The monoisotopic (exact) mass is 251 g/mol. The van der Waals surface area contributed by atoms with Crippen molar-refractivity contribution in [1.29, 1.82) is 0 Å². The van der Waals surface area contributed by atoms with Crippen LogP contribution < -0.4 is 5.32 Å². The molecule has 1 aromatic rings. The lowest BCUT2D eigenvalue weighted by atomic mass is 10.2. The topological polar surface area (TPSA) is 67.0 Å². The summed E-state index contributed by atoms with van der Waals surface area (Å²) in [5.41, 5.74) is 0. The number of amides is 1. The minimum atomic E-state index is -0.0300. The first-order chi connectivity index (χ1) is 8.29. The molecule has 0 aromatic carbocycles. The number of nitrogens with one attached hydrogen (secondary N) is 1. The van der Waals surface area contributed by atoms with Crippen LogP contribution in [0.25, 0.3) is 0 Å². The summed E-state index contributed by atoms with van der Waals surface area (Å²) in [5, 5.41) is 11.0. The third kappa shape index (κ3) is 3.20. The Bertz CT molecular complexity index is 440. The average molecular weight is 251 g/mol. The van der Waals surface area contributed by atoms with E-state index in [2.05, 4.69) is 22.4 Å². The van der Waals surface area contributed by atoms with Crippen molar-refractivity contribution in [3.05, 3.63) is 24.2 Å². The van der Waals surface area contributed by atoms with Crippen LogP contribution in [-0.4, -0.2) is 22.5 Å². The number of carbonyl (C=O) groups is 1. The summed E-state index contributed by atoms with van der Waals surface area (Å²) in [6, 6.07) is 3.56. The normalized spacial score (nSPS) is 22.5. The maximum atomic E-state index is 11.5. The molecular weight excluding hydrogens is 238 g/mol. The number of rotatable bonds is 4. The van der Waals surface area contributed by atoms with Gasteiger partial charge in [-0.1, -0.05) is 25.1 Å². The van der Waals surface area contributed by atoms with Crippen molar-refractivity contribution < 1.29 is 9.21 Å². The van der Waals surface area contributed by atoms with E-state index >= 15 is 0 Å². The van der Waals surface area contributed by atoms with E-state index in [0.29, 0.717) is 10.9 Å². The van der Waals surface area contributed by atoms with E-state index in [0.717, 1.165) is 12.8 Å². The molecule has 0 radical (unpaired) electrons. The molecule has 2 heterocycles. The largest absolute Gasteiger partial charge is 0.463 e. The highest BCUT2D eigenvalue weighted by molar-refractivity contribution is 8.15. The number of hydrogen-bond acceptors (Lipinski definition) is 5. The molecule has 1 amide bonds. The Hall–Kier alpha value is -1.56.